The van der Waals surface area contributed by atoms with E-state index in [1.807, 2.05) is 6.07 Å². The summed E-state index contributed by atoms with van der Waals surface area (Å²) in [5, 5.41) is 10.6. The SMILES string of the molecule is COc1cc(OC)nc(-c2cn(-c3ccc4c(c3)CN(C3CCC(=O)NC3=O)C4=O)nn2)n1. The van der Waals surface area contributed by atoms with Gasteiger partial charge < -0.3 is 14.4 Å². The molecule has 1 aromatic carbocycles. The van der Waals surface area contributed by atoms with Crippen molar-refractivity contribution < 1.29 is 23.9 Å². The van der Waals surface area contributed by atoms with E-state index in [9.17, 15) is 14.4 Å². The van der Waals surface area contributed by atoms with Gasteiger partial charge in [-0.1, -0.05) is 5.21 Å². The highest BCUT2D eigenvalue weighted by Crippen LogP contribution is 2.29. The summed E-state index contributed by atoms with van der Waals surface area (Å²) < 4.78 is 11.9. The lowest BCUT2D eigenvalue weighted by Gasteiger charge is -2.29. The van der Waals surface area contributed by atoms with Gasteiger partial charge >= 0.3 is 0 Å². The Labute approximate surface area is 187 Å². The summed E-state index contributed by atoms with van der Waals surface area (Å²) in [4.78, 5) is 46.6. The van der Waals surface area contributed by atoms with Crippen LogP contribution in [0.25, 0.3) is 17.2 Å². The number of hydrogen-bond acceptors (Lipinski definition) is 9. The van der Waals surface area contributed by atoms with Gasteiger partial charge in [0.2, 0.25) is 23.6 Å². The summed E-state index contributed by atoms with van der Waals surface area (Å²) in [6.45, 7) is 0.270. The van der Waals surface area contributed by atoms with Crippen molar-refractivity contribution in [2.24, 2.45) is 0 Å². The van der Waals surface area contributed by atoms with Crippen LogP contribution in [0.5, 0.6) is 11.8 Å². The Bertz CT molecular complexity index is 1270. The minimum absolute atomic E-state index is 0.209. The highest BCUT2D eigenvalue weighted by molar-refractivity contribution is 6.05. The van der Waals surface area contributed by atoms with Crippen LogP contribution >= 0.6 is 0 Å². The maximum absolute atomic E-state index is 12.9. The third kappa shape index (κ3) is 3.64. The van der Waals surface area contributed by atoms with Crippen LogP contribution in [0.2, 0.25) is 0 Å². The van der Waals surface area contributed by atoms with Crippen molar-refractivity contribution in [3.63, 3.8) is 0 Å². The number of nitrogens with one attached hydrogen (secondary N) is 1. The summed E-state index contributed by atoms with van der Waals surface area (Å²) in [7, 11) is 2.98. The second kappa shape index (κ2) is 7.97. The summed E-state index contributed by atoms with van der Waals surface area (Å²) in [6.07, 6.45) is 2.18. The molecule has 0 bridgehead atoms. The molecule has 168 valence electrons. The molecule has 3 aromatic rings. The zero-order valence-corrected chi connectivity index (χ0v) is 17.8. The molecule has 0 spiro atoms. The summed E-state index contributed by atoms with van der Waals surface area (Å²) >= 11 is 0. The van der Waals surface area contributed by atoms with Crippen LogP contribution in [0, 0.1) is 0 Å². The number of aromatic nitrogens is 5. The van der Waals surface area contributed by atoms with Crippen molar-refractivity contribution in [2.75, 3.05) is 14.2 Å². The average molecular weight is 449 g/mol. The van der Waals surface area contributed by atoms with Gasteiger partial charge in [-0.3, -0.25) is 19.7 Å². The van der Waals surface area contributed by atoms with Crippen molar-refractivity contribution in [3.8, 4) is 29.0 Å². The molecule has 0 aliphatic carbocycles. The number of ether oxygens (including phenoxy) is 2. The molecule has 1 atom stereocenters. The number of carbonyl (C=O) groups excluding carboxylic acids is 3. The number of nitrogens with zero attached hydrogens (tertiary/aromatic N) is 6. The van der Waals surface area contributed by atoms with E-state index in [0.717, 1.165) is 5.56 Å². The van der Waals surface area contributed by atoms with Crippen molar-refractivity contribution in [1.82, 2.24) is 35.2 Å². The number of fused-ring (bicyclic) bond motifs is 1. The summed E-state index contributed by atoms with van der Waals surface area (Å²) in [6, 6.07) is 6.16. The van der Waals surface area contributed by atoms with Crippen LogP contribution in [0.4, 0.5) is 0 Å². The van der Waals surface area contributed by atoms with Gasteiger partial charge in [-0.25, -0.2) is 4.68 Å². The van der Waals surface area contributed by atoms with Gasteiger partial charge in [0.1, 0.15) is 6.04 Å². The predicted molar refractivity (Wildman–Crippen MR) is 112 cm³/mol. The number of hydrogen-bond donors (Lipinski definition) is 1. The molecule has 0 radical (unpaired) electrons. The molecule has 33 heavy (non-hydrogen) atoms. The van der Waals surface area contributed by atoms with Gasteiger partial charge in [0.15, 0.2) is 11.5 Å². The van der Waals surface area contributed by atoms with E-state index in [1.54, 1.807) is 29.1 Å². The van der Waals surface area contributed by atoms with Crippen LogP contribution in [0.15, 0.2) is 30.5 Å². The first-order valence-corrected chi connectivity index (χ1v) is 10.1. The van der Waals surface area contributed by atoms with E-state index in [1.165, 1.54) is 19.1 Å². The van der Waals surface area contributed by atoms with Crippen molar-refractivity contribution >= 4 is 17.7 Å². The third-order valence-corrected chi connectivity index (χ3v) is 5.59. The third-order valence-electron chi connectivity index (χ3n) is 5.59. The fourth-order valence-corrected chi connectivity index (χ4v) is 3.92. The predicted octanol–water partition coefficient (Wildman–Crippen LogP) is 0.502. The van der Waals surface area contributed by atoms with Gasteiger partial charge in [-0.2, -0.15) is 9.97 Å². The second-order valence-corrected chi connectivity index (χ2v) is 7.57. The Balaban J connectivity index is 1.41. The standard InChI is InChI=1S/C21H19N7O5/c1-32-17-8-18(33-2)24-19(23-17)14-10-28(26-25-14)12-3-4-13-11(7-12)9-27(21(13)31)15-5-6-16(29)22-20(15)30/h3-4,7-8,10,15H,5-6,9H2,1-2H3,(H,22,29,30). The van der Waals surface area contributed by atoms with E-state index >= 15 is 0 Å². The number of piperidine rings is 1. The van der Waals surface area contributed by atoms with Crippen LogP contribution in [0.1, 0.15) is 28.8 Å². The van der Waals surface area contributed by atoms with Crippen LogP contribution < -0.4 is 14.8 Å². The molecular weight excluding hydrogens is 430 g/mol. The lowest BCUT2D eigenvalue weighted by atomic mass is 10.0. The number of benzene rings is 1. The Morgan fingerprint density at radius 2 is 1.82 bits per heavy atom. The largest absolute Gasteiger partial charge is 0.481 e. The molecule has 2 aliphatic heterocycles. The lowest BCUT2D eigenvalue weighted by molar-refractivity contribution is -0.136. The Morgan fingerprint density at radius 3 is 2.52 bits per heavy atom. The zero-order chi connectivity index (χ0) is 23.1. The summed E-state index contributed by atoms with van der Waals surface area (Å²) in [5.74, 6) is -0.0448. The average Bonchev–Trinajstić information content (AvgIpc) is 3.44. The molecule has 3 amide bonds. The van der Waals surface area contributed by atoms with E-state index in [0.29, 0.717) is 35.1 Å². The van der Waals surface area contributed by atoms with Crippen LogP contribution in [-0.4, -0.2) is 67.8 Å². The molecule has 12 nitrogen and oxygen atoms in total. The van der Waals surface area contributed by atoms with Gasteiger partial charge in [0.25, 0.3) is 5.91 Å². The molecule has 1 N–H and O–H groups in total. The van der Waals surface area contributed by atoms with E-state index in [-0.39, 0.29) is 30.6 Å². The molecule has 0 saturated carbocycles. The van der Waals surface area contributed by atoms with Gasteiger partial charge in [-0.15, -0.1) is 5.10 Å². The quantitative estimate of drug-likeness (QED) is 0.551. The van der Waals surface area contributed by atoms with Gasteiger partial charge in [0.05, 0.1) is 32.2 Å². The van der Waals surface area contributed by atoms with Crippen molar-refractivity contribution in [3.05, 3.63) is 41.6 Å². The first-order chi connectivity index (χ1) is 16.0. The molecule has 1 fully saturated rings. The monoisotopic (exact) mass is 449 g/mol. The first-order valence-electron chi connectivity index (χ1n) is 10.1. The van der Waals surface area contributed by atoms with Crippen LogP contribution in [0.3, 0.4) is 0 Å². The fourth-order valence-electron chi connectivity index (χ4n) is 3.92. The number of imide groups is 1. The first kappa shape index (κ1) is 20.5. The van der Waals surface area contributed by atoms with E-state index in [2.05, 4.69) is 25.6 Å². The number of methoxy groups -OCH3 is 2. The van der Waals surface area contributed by atoms with E-state index in [4.69, 9.17) is 9.47 Å². The highest BCUT2D eigenvalue weighted by Gasteiger charge is 2.39. The molecule has 5 rings (SSSR count). The van der Waals surface area contributed by atoms with Crippen molar-refractivity contribution in [1.29, 1.82) is 0 Å². The molecule has 2 aromatic heterocycles. The molecule has 1 saturated heterocycles. The maximum atomic E-state index is 12.9. The van der Waals surface area contributed by atoms with Gasteiger partial charge in [-0.05, 0) is 30.2 Å². The normalized spacial score (nSPS) is 17.7. The molecular formula is C21H19N7O5. The minimum Gasteiger partial charge on any atom is -0.481 e. The van der Waals surface area contributed by atoms with Crippen molar-refractivity contribution in [2.45, 2.75) is 25.4 Å². The Morgan fingerprint density at radius 1 is 1.06 bits per heavy atom. The molecule has 4 heterocycles. The summed E-state index contributed by atoms with van der Waals surface area (Å²) in [5.41, 5.74) is 2.37. The second-order valence-electron chi connectivity index (χ2n) is 7.57. The Hall–Kier alpha value is -4.35. The molecule has 12 heteroatoms. The number of rotatable bonds is 5. The minimum atomic E-state index is -0.663. The fraction of sp³-hybridized carbons (Fsp3) is 0.286. The van der Waals surface area contributed by atoms with Gasteiger partial charge in [0, 0.05) is 18.5 Å². The number of carbonyl (C=O) groups is 3. The number of amides is 3. The molecule has 1 unspecified atom stereocenters. The topological polar surface area (TPSA) is 141 Å². The smallest absolute Gasteiger partial charge is 0.255 e. The van der Waals surface area contributed by atoms with E-state index < -0.39 is 11.9 Å². The Kier molecular flexibility index (Phi) is 4.96. The van der Waals surface area contributed by atoms with Crippen LogP contribution in [-0.2, 0) is 16.1 Å². The highest BCUT2D eigenvalue weighted by atomic mass is 16.5. The molecule has 2 aliphatic rings. The maximum Gasteiger partial charge on any atom is 0.255 e. The zero-order valence-electron chi connectivity index (χ0n) is 17.8. The lowest BCUT2D eigenvalue weighted by Crippen LogP contribution is -2.52.